The van der Waals surface area contributed by atoms with Gasteiger partial charge in [0, 0.05) is 11.0 Å². The number of rotatable bonds is 6. The lowest BCUT2D eigenvalue weighted by atomic mass is 9.88. The van der Waals surface area contributed by atoms with Gasteiger partial charge in [-0.3, -0.25) is 4.79 Å². The van der Waals surface area contributed by atoms with Gasteiger partial charge in [-0.1, -0.05) is 35.8 Å². The molecule has 0 fully saturated rings. The highest BCUT2D eigenvalue weighted by atomic mass is 79.9. The van der Waals surface area contributed by atoms with E-state index in [4.69, 9.17) is 10.5 Å². The van der Waals surface area contributed by atoms with Crippen molar-refractivity contribution in [2.24, 2.45) is 11.7 Å². The van der Waals surface area contributed by atoms with Gasteiger partial charge in [-0.05, 0) is 31.0 Å². The van der Waals surface area contributed by atoms with Crippen LogP contribution in [0.15, 0.2) is 28.7 Å². The summed E-state index contributed by atoms with van der Waals surface area (Å²) in [5, 5.41) is 2.93. The van der Waals surface area contributed by atoms with E-state index in [0.29, 0.717) is 12.3 Å². The number of nitrogens with one attached hydrogen (secondary N) is 1. The van der Waals surface area contributed by atoms with Crippen LogP contribution in [0, 0.1) is 5.92 Å². The molecule has 0 saturated heterocycles. The zero-order chi connectivity index (χ0) is 14.5. The molecule has 0 spiro atoms. The highest BCUT2D eigenvalue weighted by Gasteiger charge is 2.28. The molecule has 106 valence electrons. The van der Waals surface area contributed by atoms with Crippen molar-refractivity contribution in [3.05, 3.63) is 28.7 Å². The van der Waals surface area contributed by atoms with Gasteiger partial charge in [-0.15, -0.1) is 0 Å². The Hall–Kier alpha value is -1.07. The summed E-state index contributed by atoms with van der Waals surface area (Å²) in [7, 11) is 0. The van der Waals surface area contributed by atoms with Crippen molar-refractivity contribution in [3.8, 4) is 5.75 Å². The third-order valence-corrected chi connectivity index (χ3v) is 3.78. The Morgan fingerprint density at radius 3 is 2.74 bits per heavy atom. The standard InChI is InChI=1S/C14H21BrN2O2/c1-10(2)14(3,9-16)17-13(18)8-19-12-6-4-5-11(15)7-12/h4-7,10H,8-9,16H2,1-3H3,(H,17,18). The third-order valence-electron chi connectivity index (χ3n) is 3.29. The number of carbonyl (C=O) groups excluding carboxylic acids is 1. The number of ether oxygens (including phenoxy) is 1. The molecule has 0 saturated carbocycles. The molecule has 0 bridgehead atoms. The second kappa shape index (κ2) is 6.91. The van der Waals surface area contributed by atoms with Crippen LogP contribution >= 0.6 is 15.9 Å². The topological polar surface area (TPSA) is 64.3 Å². The molecule has 5 heteroatoms. The number of amides is 1. The van der Waals surface area contributed by atoms with Crippen molar-refractivity contribution in [2.75, 3.05) is 13.2 Å². The van der Waals surface area contributed by atoms with Crippen molar-refractivity contribution in [3.63, 3.8) is 0 Å². The first-order chi connectivity index (χ1) is 8.87. The lowest BCUT2D eigenvalue weighted by molar-refractivity contribution is -0.125. The monoisotopic (exact) mass is 328 g/mol. The molecule has 0 aliphatic carbocycles. The maximum absolute atomic E-state index is 11.9. The Morgan fingerprint density at radius 2 is 2.21 bits per heavy atom. The van der Waals surface area contributed by atoms with Gasteiger partial charge >= 0.3 is 0 Å². The lowest BCUT2D eigenvalue weighted by Crippen LogP contribution is -2.56. The zero-order valence-corrected chi connectivity index (χ0v) is 13.2. The molecule has 0 heterocycles. The van der Waals surface area contributed by atoms with Crippen LogP contribution in [0.1, 0.15) is 20.8 Å². The van der Waals surface area contributed by atoms with Crippen molar-refractivity contribution in [1.82, 2.24) is 5.32 Å². The first-order valence-electron chi connectivity index (χ1n) is 6.27. The lowest BCUT2D eigenvalue weighted by Gasteiger charge is -2.33. The molecule has 0 aromatic heterocycles. The van der Waals surface area contributed by atoms with E-state index in [-0.39, 0.29) is 18.4 Å². The Balaban J connectivity index is 2.52. The summed E-state index contributed by atoms with van der Waals surface area (Å²) < 4.78 is 6.35. The van der Waals surface area contributed by atoms with E-state index in [1.807, 2.05) is 45.0 Å². The average Bonchev–Trinajstić information content (AvgIpc) is 2.36. The Bertz CT molecular complexity index is 437. The van der Waals surface area contributed by atoms with Crippen molar-refractivity contribution >= 4 is 21.8 Å². The predicted octanol–water partition coefficient (Wildman–Crippen LogP) is 2.32. The van der Waals surface area contributed by atoms with Gasteiger partial charge in [0.25, 0.3) is 5.91 Å². The normalized spacial score (nSPS) is 14.0. The highest BCUT2D eigenvalue weighted by Crippen LogP contribution is 2.18. The van der Waals surface area contributed by atoms with E-state index >= 15 is 0 Å². The van der Waals surface area contributed by atoms with Crippen LogP contribution in [0.2, 0.25) is 0 Å². The first-order valence-corrected chi connectivity index (χ1v) is 7.06. The van der Waals surface area contributed by atoms with Gasteiger partial charge in [0.1, 0.15) is 5.75 Å². The number of hydrogen-bond donors (Lipinski definition) is 2. The highest BCUT2D eigenvalue weighted by molar-refractivity contribution is 9.10. The zero-order valence-electron chi connectivity index (χ0n) is 11.6. The summed E-state index contributed by atoms with van der Waals surface area (Å²) in [4.78, 5) is 11.9. The van der Waals surface area contributed by atoms with E-state index in [1.54, 1.807) is 0 Å². The second-order valence-corrected chi connectivity index (χ2v) is 5.99. The predicted molar refractivity (Wildman–Crippen MR) is 80.1 cm³/mol. The molecule has 1 atom stereocenters. The van der Waals surface area contributed by atoms with Crippen molar-refractivity contribution in [2.45, 2.75) is 26.3 Å². The van der Waals surface area contributed by atoms with Crippen LogP contribution < -0.4 is 15.8 Å². The molecule has 3 N–H and O–H groups in total. The molecule has 1 aromatic rings. The number of carbonyl (C=O) groups is 1. The molecule has 0 aliphatic rings. The minimum Gasteiger partial charge on any atom is -0.484 e. The van der Waals surface area contributed by atoms with Crippen molar-refractivity contribution < 1.29 is 9.53 Å². The summed E-state index contributed by atoms with van der Waals surface area (Å²) in [6, 6.07) is 7.38. The molecular formula is C14H21BrN2O2. The Kier molecular flexibility index (Phi) is 5.82. The molecule has 1 aromatic carbocycles. The van der Waals surface area contributed by atoms with Crippen LogP contribution in [0.5, 0.6) is 5.75 Å². The molecule has 1 unspecified atom stereocenters. The second-order valence-electron chi connectivity index (χ2n) is 5.07. The van der Waals surface area contributed by atoms with Gasteiger partial charge in [-0.25, -0.2) is 0 Å². The fourth-order valence-corrected chi connectivity index (χ4v) is 1.87. The van der Waals surface area contributed by atoms with Crippen LogP contribution in [-0.2, 0) is 4.79 Å². The molecule has 4 nitrogen and oxygen atoms in total. The quantitative estimate of drug-likeness (QED) is 0.842. The van der Waals surface area contributed by atoms with Crippen LogP contribution in [0.25, 0.3) is 0 Å². The number of halogens is 1. The summed E-state index contributed by atoms with van der Waals surface area (Å²) in [5.41, 5.74) is 5.32. The smallest absolute Gasteiger partial charge is 0.258 e. The van der Waals surface area contributed by atoms with Gasteiger partial charge in [-0.2, -0.15) is 0 Å². The minimum atomic E-state index is -0.405. The number of benzene rings is 1. The first kappa shape index (κ1) is 16.0. The molecular weight excluding hydrogens is 308 g/mol. The summed E-state index contributed by atoms with van der Waals surface area (Å²) in [6.07, 6.45) is 0. The largest absolute Gasteiger partial charge is 0.484 e. The van der Waals surface area contributed by atoms with E-state index in [1.165, 1.54) is 0 Å². The van der Waals surface area contributed by atoms with Gasteiger partial charge < -0.3 is 15.8 Å². The van der Waals surface area contributed by atoms with Crippen molar-refractivity contribution in [1.29, 1.82) is 0 Å². The third kappa shape index (κ3) is 4.84. The molecule has 19 heavy (non-hydrogen) atoms. The van der Waals surface area contributed by atoms with Crippen LogP contribution in [0.3, 0.4) is 0 Å². The van der Waals surface area contributed by atoms with Gasteiger partial charge in [0.05, 0.1) is 5.54 Å². The fraction of sp³-hybridized carbons (Fsp3) is 0.500. The van der Waals surface area contributed by atoms with Crippen LogP contribution in [0.4, 0.5) is 0 Å². The SMILES string of the molecule is CC(C)C(C)(CN)NC(=O)COc1cccc(Br)c1. The molecule has 0 radical (unpaired) electrons. The molecule has 1 rings (SSSR count). The van der Waals surface area contributed by atoms with E-state index < -0.39 is 5.54 Å². The number of hydrogen-bond acceptors (Lipinski definition) is 3. The molecule has 0 aliphatic heterocycles. The Labute approximate surface area is 122 Å². The van der Waals surface area contributed by atoms with Gasteiger partial charge in [0.2, 0.25) is 0 Å². The van der Waals surface area contributed by atoms with Gasteiger partial charge in [0.15, 0.2) is 6.61 Å². The van der Waals surface area contributed by atoms with E-state index in [2.05, 4.69) is 21.2 Å². The van der Waals surface area contributed by atoms with E-state index in [0.717, 1.165) is 4.47 Å². The Morgan fingerprint density at radius 1 is 1.53 bits per heavy atom. The summed E-state index contributed by atoms with van der Waals surface area (Å²) in [5.74, 6) is 0.748. The summed E-state index contributed by atoms with van der Waals surface area (Å²) >= 11 is 3.35. The van der Waals surface area contributed by atoms with Crippen LogP contribution in [-0.4, -0.2) is 24.6 Å². The van der Waals surface area contributed by atoms with E-state index in [9.17, 15) is 4.79 Å². The average molecular weight is 329 g/mol. The summed E-state index contributed by atoms with van der Waals surface area (Å²) in [6.45, 7) is 6.38. The fourth-order valence-electron chi connectivity index (χ4n) is 1.49. The minimum absolute atomic E-state index is 0.0151. The number of nitrogens with two attached hydrogens (primary N) is 1. The molecule has 1 amide bonds. The maximum Gasteiger partial charge on any atom is 0.258 e. The maximum atomic E-state index is 11.9.